The average molecular weight is 269 g/mol. The van der Waals surface area contributed by atoms with Crippen LogP contribution in [0.1, 0.15) is 46.0 Å². The van der Waals surface area contributed by atoms with Crippen LogP contribution in [0.5, 0.6) is 0 Å². The minimum Gasteiger partial charge on any atom is -0.481 e. The number of carbonyl (C=O) groups is 1. The van der Waals surface area contributed by atoms with Gasteiger partial charge in [-0.25, -0.2) is 0 Å². The maximum absolute atomic E-state index is 11.0. The minimum absolute atomic E-state index is 0.0714. The third kappa shape index (κ3) is 3.93. The Morgan fingerprint density at radius 2 is 2.21 bits per heavy atom. The zero-order valence-electron chi connectivity index (χ0n) is 12.2. The van der Waals surface area contributed by atoms with Crippen LogP contribution < -0.4 is 0 Å². The zero-order valence-corrected chi connectivity index (χ0v) is 12.2. The normalized spacial score (nSPS) is 33.5. The molecule has 3 atom stereocenters. The predicted molar refractivity (Wildman–Crippen MR) is 74.1 cm³/mol. The molecule has 1 aliphatic carbocycles. The molecule has 1 N–H and O–H groups in total. The van der Waals surface area contributed by atoms with Crippen LogP contribution in [-0.4, -0.2) is 47.8 Å². The van der Waals surface area contributed by atoms with Gasteiger partial charge >= 0.3 is 5.97 Å². The van der Waals surface area contributed by atoms with Crippen LogP contribution in [-0.2, 0) is 9.53 Å². The Kier molecular flexibility index (Phi) is 5.22. The van der Waals surface area contributed by atoms with Gasteiger partial charge in [0.05, 0.1) is 19.6 Å². The van der Waals surface area contributed by atoms with Gasteiger partial charge in [-0.2, -0.15) is 0 Å². The third-order valence-electron chi connectivity index (χ3n) is 4.78. The molecule has 2 fully saturated rings. The first kappa shape index (κ1) is 14.8. The largest absolute Gasteiger partial charge is 0.481 e. The highest BCUT2D eigenvalue weighted by molar-refractivity contribution is 5.67. The topological polar surface area (TPSA) is 49.8 Å². The summed E-state index contributed by atoms with van der Waals surface area (Å²) in [6, 6.07) is 0.636. The van der Waals surface area contributed by atoms with Gasteiger partial charge in [0.2, 0.25) is 0 Å². The number of hydrogen-bond acceptors (Lipinski definition) is 3. The van der Waals surface area contributed by atoms with Crippen molar-refractivity contribution in [3.8, 4) is 0 Å². The van der Waals surface area contributed by atoms with E-state index in [2.05, 4.69) is 18.7 Å². The lowest BCUT2D eigenvalue weighted by Crippen LogP contribution is -2.52. The van der Waals surface area contributed by atoms with Crippen molar-refractivity contribution >= 4 is 5.97 Å². The van der Waals surface area contributed by atoms with E-state index in [4.69, 9.17) is 9.84 Å². The van der Waals surface area contributed by atoms with E-state index in [0.717, 1.165) is 25.0 Å². The number of carboxylic acid groups (broad SMARTS) is 1. The molecule has 0 radical (unpaired) electrons. The van der Waals surface area contributed by atoms with Gasteiger partial charge < -0.3 is 9.84 Å². The predicted octanol–water partition coefficient (Wildman–Crippen LogP) is 2.38. The highest BCUT2D eigenvalue weighted by atomic mass is 16.5. The SMILES string of the molecule is CC(C)C1CCCC(N2CCOCC2CC(=O)O)C1. The first-order chi connectivity index (χ1) is 9.08. The highest BCUT2D eigenvalue weighted by Crippen LogP contribution is 2.34. The summed E-state index contributed by atoms with van der Waals surface area (Å²) in [6.45, 7) is 6.84. The number of rotatable bonds is 4. The van der Waals surface area contributed by atoms with Gasteiger partial charge in [-0.1, -0.05) is 26.7 Å². The van der Waals surface area contributed by atoms with Crippen molar-refractivity contribution in [2.45, 2.75) is 58.0 Å². The molecule has 0 aromatic rings. The summed E-state index contributed by atoms with van der Waals surface area (Å²) in [4.78, 5) is 13.4. The highest BCUT2D eigenvalue weighted by Gasteiger charge is 2.34. The second-order valence-electron chi connectivity index (χ2n) is 6.39. The quantitative estimate of drug-likeness (QED) is 0.851. The summed E-state index contributed by atoms with van der Waals surface area (Å²) in [5.41, 5.74) is 0. The summed E-state index contributed by atoms with van der Waals surface area (Å²) in [6.07, 6.45) is 5.28. The maximum Gasteiger partial charge on any atom is 0.305 e. The first-order valence-corrected chi connectivity index (χ1v) is 7.63. The Morgan fingerprint density at radius 1 is 1.42 bits per heavy atom. The third-order valence-corrected chi connectivity index (χ3v) is 4.78. The monoisotopic (exact) mass is 269 g/mol. The molecule has 19 heavy (non-hydrogen) atoms. The summed E-state index contributed by atoms with van der Waals surface area (Å²) < 4.78 is 5.47. The van der Waals surface area contributed by atoms with Crippen LogP contribution in [0.15, 0.2) is 0 Å². The Bertz CT molecular complexity index is 306. The maximum atomic E-state index is 11.0. The Hall–Kier alpha value is -0.610. The molecule has 110 valence electrons. The van der Waals surface area contributed by atoms with Crippen molar-refractivity contribution in [1.29, 1.82) is 0 Å². The van der Waals surface area contributed by atoms with Crippen molar-refractivity contribution in [2.24, 2.45) is 11.8 Å². The number of nitrogens with zero attached hydrogens (tertiary/aromatic N) is 1. The van der Waals surface area contributed by atoms with Gasteiger partial charge in [0, 0.05) is 18.6 Å². The molecule has 1 heterocycles. The van der Waals surface area contributed by atoms with Crippen LogP contribution in [0.2, 0.25) is 0 Å². The molecule has 0 aromatic heterocycles. The molecule has 4 nitrogen and oxygen atoms in total. The smallest absolute Gasteiger partial charge is 0.305 e. The Balaban J connectivity index is 1.98. The van der Waals surface area contributed by atoms with Crippen LogP contribution in [0.3, 0.4) is 0 Å². The van der Waals surface area contributed by atoms with Crippen LogP contribution >= 0.6 is 0 Å². The molecule has 2 aliphatic rings. The summed E-state index contributed by atoms with van der Waals surface area (Å²) in [5.74, 6) is 0.825. The Labute approximate surface area is 116 Å². The minimum atomic E-state index is -0.711. The molecular weight excluding hydrogens is 242 g/mol. The fraction of sp³-hybridized carbons (Fsp3) is 0.933. The van der Waals surface area contributed by atoms with E-state index >= 15 is 0 Å². The number of hydrogen-bond donors (Lipinski definition) is 1. The van der Waals surface area contributed by atoms with Gasteiger partial charge in [-0.05, 0) is 24.7 Å². The fourth-order valence-electron chi connectivity index (χ4n) is 3.63. The molecule has 1 aliphatic heterocycles. The lowest BCUT2D eigenvalue weighted by atomic mass is 9.78. The van der Waals surface area contributed by atoms with Crippen molar-refractivity contribution in [3.63, 3.8) is 0 Å². The van der Waals surface area contributed by atoms with E-state index in [1.807, 2.05) is 0 Å². The van der Waals surface area contributed by atoms with Crippen molar-refractivity contribution in [2.75, 3.05) is 19.8 Å². The van der Waals surface area contributed by atoms with Crippen molar-refractivity contribution in [3.05, 3.63) is 0 Å². The van der Waals surface area contributed by atoms with Crippen LogP contribution in [0.25, 0.3) is 0 Å². The van der Waals surface area contributed by atoms with Gasteiger partial charge in [-0.3, -0.25) is 9.69 Å². The Morgan fingerprint density at radius 3 is 2.89 bits per heavy atom. The number of aliphatic carboxylic acids is 1. The van der Waals surface area contributed by atoms with Gasteiger partial charge in [-0.15, -0.1) is 0 Å². The van der Waals surface area contributed by atoms with Crippen molar-refractivity contribution in [1.82, 2.24) is 4.90 Å². The fourth-order valence-corrected chi connectivity index (χ4v) is 3.63. The van der Waals surface area contributed by atoms with Gasteiger partial charge in [0.15, 0.2) is 0 Å². The number of carboxylic acids is 1. The second kappa shape index (κ2) is 6.71. The lowest BCUT2D eigenvalue weighted by Gasteiger charge is -2.44. The molecule has 1 saturated heterocycles. The number of morpholine rings is 1. The number of ether oxygens (including phenoxy) is 1. The van der Waals surface area contributed by atoms with E-state index in [9.17, 15) is 4.79 Å². The first-order valence-electron chi connectivity index (χ1n) is 7.63. The summed E-state index contributed by atoms with van der Waals surface area (Å²) in [7, 11) is 0. The molecule has 2 rings (SSSR count). The molecule has 1 saturated carbocycles. The summed E-state index contributed by atoms with van der Waals surface area (Å²) in [5, 5.41) is 9.04. The molecule has 4 heteroatoms. The van der Waals surface area contributed by atoms with E-state index in [1.165, 1.54) is 25.7 Å². The van der Waals surface area contributed by atoms with E-state index < -0.39 is 5.97 Å². The van der Waals surface area contributed by atoms with Crippen molar-refractivity contribution < 1.29 is 14.6 Å². The van der Waals surface area contributed by atoms with E-state index in [0.29, 0.717) is 12.6 Å². The molecular formula is C15H27NO3. The molecule has 3 unspecified atom stereocenters. The van der Waals surface area contributed by atoms with Gasteiger partial charge in [0.25, 0.3) is 0 Å². The van der Waals surface area contributed by atoms with Gasteiger partial charge in [0.1, 0.15) is 0 Å². The average Bonchev–Trinajstić information content (AvgIpc) is 2.39. The lowest BCUT2D eigenvalue weighted by molar-refractivity contribution is -0.141. The standard InChI is InChI=1S/C15H27NO3/c1-11(2)12-4-3-5-13(8-12)16-6-7-19-10-14(16)9-15(17)18/h11-14H,3-10H2,1-2H3,(H,17,18). The van der Waals surface area contributed by atoms with E-state index in [-0.39, 0.29) is 12.5 Å². The zero-order chi connectivity index (χ0) is 13.8. The van der Waals surface area contributed by atoms with E-state index in [1.54, 1.807) is 0 Å². The molecule has 0 spiro atoms. The summed E-state index contributed by atoms with van der Waals surface area (Å²) >= 11 is 0. The molecule has 0 aromatic carbocycles. The molecule has 0 amide bonds. The van der Waals surface area contributed by atoms with Crippen LogP contribution in [0, 0.1) is 11.8 Å². The van der Waals surface area contributed by atoms with Crippen LogP contribution in [0.4, 0.5) is 0 Å². The molecule has 0 bridgehead atoms. The second-order valence-corrected chi connectivity index (χ2v) is 6.39.